The topological polar surface area (TPSA) is 49.8 Å². The van der Waals surface area contributed by atoms with E-state index in [1.54, 1.807) is 4.90 Å². The van der Waals surface area contributed by atoms with Crippen molar-refractivity contribution in [2.45, 2.75) is 49.9 Å². The Bertz CT molecular complexity index is 1130. The Morgan fingerprint density at radius 3 is 2.06 bits per heavy atom. The van der Waals surface area contributed by atoms with Crippen molar-refractivity contribution in [2.24, 2.45) is 0 Å². The van der Waals surface area contributed by atoms with Gasteiger partial charge in [0, 0.05) is 37.2 Å². The largest absolute Gasteiger partial charge is 0.416 e. The molecule has 0 saturated carbocycles. The summed E-state index contributed by atoms with van der Waals surface area (Å²) >= 11 is 0. The predicted octanol–water partition coefficient (Wildman–Crippen LogP) is 5.63. The van der Waals surface area contributed by atoms with Gasteiger partial charge in [0.2, 0.25) is 0 Å². The average molecular weight is 517 g/mol. The van der Waals surface area contributed by atoms with Crippen LogP contribution in [0.4, 0.5) is 30.7 Å². The maximum absolute atomic E-state index is 13.5. The number of benzene rings is 2. The molecule has 0 aromatic heterocycles. The van der Waals surface area contributed by atoms with Gasteiger partial charge in [-0.15, -0.1) is 0 Å². The summed E-state index contributed by atoms with van der Waals surface area (Å²) in [5, 5.41) is 10.2. The Kier molecular flexibility index (Phi) is 6.91. The molecule has 0 radical (unpaired) electrons. The van der Waals surface area contributed by atoms with Crippen molar-refractivity contribution in [1.29, 1.82) is 0 Å². The van der Waals surface area contributed by atoms with Crippen LogP contribution in [0.15, 0.2) is 54.2 Å². The molecule has 4 rings (SSSR count). The second kappa shape index (κ2) is 9.51. The van der Waals surface area contributed by atoms with Gasteiger partial charge in [0.1, 0.15) is 11.9 Å². The molecule has 1 fully saturated rings. The molecule has 4 nitrogen and oxygen atoms in total. The third kappa shape index (κ3) is 5.57. The molecule has 1 aliphatic heterocycles. The molecule has 1 heterocycles. The first-order chi connectivity index (χ1) is 16.7. The van der Waals surface area contributed by atoms with Gasteiger partial charge < -0.3 is 14.7 Å². The number of ether oxygens (including phenoxy) is 1. The summed E-state index contributed by atoms with van der Waals surface area (Å²) < 4.78 is 99.4. The van der Waals surface area contributed by atoms with Gasteiger partial charge >= 0.3 is 12.4 Å². The molecular weight excluding hydrogens is 495 g/mol. The minimum absolute atomic E-state index is 0.0554. The molecular formula is C25H22F7NO3. The number of hydrogen-bond acceptors (Lipinski definition) is 4. The first-order valence-electron chi connectivity index (χ1n) is 11.1. The highest BCUT2D eigenvalue weighted by molar-refractivity contribution is 5.93. The number of halogens is 7. The number of likely N-dealkylation sites (tertiary alicyclic amines) is 1. The van der Waals surface area contributed by atoms with Gasteiger partial charge in [-0.2, -0.15) is 26.3 Å². The fourth-order valence-corrected chi connectivity index (χ4v) is 4.62. The third-order valence-corrected chi connectivity index (χ3v) is 6.43. The fourth-order valence-electron chi connectivity index (χ4n) is 4.62. The van der Waals surface area contributed by atoms with Crippen LogP contribution in [-0.2, 0) is 21.9 Å². The van der Waals surface area contributed by atoms with Crippen LogP contribution in [-0.4, -0.2) is 41.1 Å². The fraction of sp³-hybridized carbons (Fsp3) is 0.400. The smallest absolute Gasteiger partial charge is 0.386 e. The number of hydrogen-bond donors (Lipinski definition) is 1. The number of aliphatic hydroxyl groups excluding tert-OH is 1. The molecule has 0 amide bonds. The summed E-state index contributed by atoms with van der Waals surface area (Å²) in [5.41, 5.74) is -2.18. The molecule has 0 spiro atoms. The standard InChI is InChI=1S/C25H22F7NO3/c1-13(15-6-16(24(27,28)29)8-17(7-15)25(30,31)32)36-23-12-33(21-9-19(34)10-22(21)35)11-20(23)14-2-4-18(26)5-3-14/h2-9,13,20,22-23,35H,10-12H2,1H3. The Morgan fingerprint density at radius 1 is 0.972 bits per heavy atom. The zero-order chi connectivity index (χ0) is 26.4. The second-order valence-electron chi connectivity index (χ2n) is 8.97. The van der Waals surface area contributed by atoms with Gasteiger partial charge in [0.25, 0.3) is 0 Å². The molecule has 2 aliphatic rings. The summed E-state index contributed by atoms with van der Waals surface area (Å²) in [4.78, 5) is 13.5. The first-order valence-corrected chi connectivity index (χ1v) is 11.1. The van der Waals surface area contributed by atoms with Crippen molar-refractivity contribution in [1.82, 2.24) is 4.90 Å². The highest BCUT2D eigenvalue weighted by atomic mass is 19.4. The van der Waals surface area contributed by atoms with Crippen LogP contribution in [0.2, 0.25) is 0 Å². The quantitative estimate of drug-likeness (QED) is 0.523. The van der Waals surface area contributed by atoms with E-state index < -0.39 is 53.5 Å². The number of rotatable bonds is 5. The van der Waals surface area contributed by atoms with Gasteiger partial charge in [-0.1, -0.05) is 12.1 Å². The number of carbonyl (C=O) groups excluding carboxylic acids is 1. The number of carbonyl (C=O) groups is 1. The normalized spacial score (nSPS) is 23.8. The summed E-state index contributed by atoms with van der Waals surface area (Å²) in [6, 6.07) is 6.80. The number of aliphatic hydroxyl groups is 1. The van der Waals surface area contributed by atoms with E-state index in [1.165, 1.54) is 37.3 Å². The SMILES string of the molecule is CC(OC1CN(C2=CC(=O)CC2O)CC1c1ccc(F)cc1)c1cc(C(F)(F)F)cc(C(F)(F)F)c1. The molecule has 1 aliphatic carbocycles. The van der Waals surface area contributed by atoms with Crippen molar-refractivity contribution < 1.29 is 45.4 Å². The van der Waals surface area contributed by atoms with E-state index in [4.69, 9.17) is 4.74 Å². The lowest BCUT2D eigenvalue weighted by Gasteiger charge is -2.25. The van der Waals surface area contributed by atoms with E-state index in [0.717, 1.165) is 0 Å². The number of allylic oxidation sites excluding steroid dienone is 1. The lowest BCUT2D eigenvalue weighted by Crippen LogP contribution is -2.28. The van der Waals surface area contributed by atoms with E-state index in [9.17, 15) is 40.6 Å². The van der Waals surface area contributed by atoms with Crippen LogP contribution in [0.25, 0.3) is 0 Å². The second-order valence-corrected chi connectivity index (χ2v) is 8.97. The average Bonchev–Trinajstić information content (AvgIpc) is 3.34. The molecule has 4 atom stereocenters. The molecule has 1 N–H and O–H groups in total. The molecule has 36 heavy (non-hydrogen) atoms. The van der Waals surface area contributed by atoms with Crippen LogP contribution >= 0.6 is 0 Å². The summed E-state index contributed by atoms with van der Waals surface area (Å²) in [6.07, 6.45) is -11.7. The Balaban J connectivity index is 1.65. The minimum atomic E-state index is -4.99. The van der Waals surface area contributed by atoms with Crippen molar-refractivity contribution in [3.8, 4) is 0 Å². The van der Waals surface area contributed by atoms with E-state index in [0.29, 0.717) is 23.4 Å². The van der Waals surface area contributed by atoms with Crippen LogP contribution in [0.5, 0.6) is 0 Å². The van der Waals surface area contributed by atoms with E-state index >= 15 is 0 Å². The minimum Gasteiger partial charge on any atom is -0.386 e. The van der Waals surface area contributed by atoms with Crippen molar-refractivity contribution in [3.63, 3.8) is 0 Å². The van der Waals surface area contributed by atoms with Gasteiger partial charge in [-0.25, -0.2) is 4.39 Å². The zero-order valence-corrected chi connectivity index (χ0v) is 18.9. The lowest BCUT2D eigenvalue weighted by atomic mass is 9.95. The van der Waals surface area contributed by atoms with Crippen LogP contribution in [0, 0.1) is 5.82 Å². The van der Waals surface area contributed by atoms with Crippen LogP contribution < -0.4 is 0 Å². The Hall–Kier alpha value is -2.92. The predicted molar refractivity (Wildman–Crippen MR) is 114 cm³/mol. The number of nitrogens with zero attached hydrogens (tertiary/aromatic N) is 1. The summed E-state index contributed by atoms with van der Waals surface area (Å²) in [6.45, 7) is 1.72. The zero-order valence-electron chi connectivity index (χ0n) is 18.9. The first kappa shape index (κ1) is 26.2. The summed E-state index contributed by atoms with van der Waals surface area (Å²) in [7, 11) is 0. The molecule has 11 heteroatoms. The van der Waals surface area contributed by atoms with Crippen molar-refractivity contribution >= 4 is 5.78 Å². The van der Waals surface area contributed by atoms with Gasteiger partial charge in [-0.3, -0.25) is 4.79 Å². The molecule has 1 saturated heterocycles. The van der Waals surface area contributed by atoms with Gasteiger partial charge in [0.05, 0.1) is 23.3 Å². The van der Waals surface area contributed by atoms with E-state index in [-0.39, 0.29) is 36.9 Å². The van der Waals surface area contributed by atoms with Crippen molar-refractivity contribution in [2.75, 3.05) is 13.1 Å². The van der Waals surface area contributed by atoms with Gasteiger partial charge in [0.15, 0.2) is 5.78 Å². The third-order valence-electron chi connectivity index (χ3n) is 6.43. The maximum Gasteiger partial charge on any atom is 0.416 e. The van der Waals surface area contributed by atoms with Crippen LogP contribution in [0.3, 0.4) is 0 Å². The van der Waals surface area contributed by atoms with E-state index in [1.807, 2.05) is 0 Å². The highest BCUT2D eigenvalue weighted by Crippen LogP contribution is 2.40. The molecule has 2 aromatic rings. The molecule has 194 valence electrons. The molecule has 0 bridgehead atoms. The summed E-state index contributed by atoms with van der Waals surface area (Å²) in [5.74, 6) is -1.20. The Morgan fingerprint density at radius 2 is 1.56 bits per heavy atom. The maximum atomic E-state index is 13.5. The monoisotopic (exact) mass is 517 g/mol. The van der Waals surface area contributed by atoms with E-state index in [2.05, 4.69) is 0 Å². The van der Waals surface area contributed by atoms with Gasteiger partial charge in [-0.05, 0) is 48.4 Å². The highest BCUT2D eigenvalue weighted by Gasteiger charge is 2.41. The number of ketones is 1. The Labute approximate surface area is 202 Å². The molecule has 4 unspecified atom stereocenters. The lowest BCUT2D eigenvalue weighted by molar-refractivity contribution is -0.143. The van der Waals surface area contributed by atoms with Crippen molar-refractivity contribution in [3.05, 3.63) is 82.3 Å². The number of alkyl halides is 6. The molecule has 2 aromatic carbocycles. The van der Waals surface area contributed by atoms with Crippen LogP contribution in [0.1, 0.15) is 47.6 Å².